The third-order valence-electron chi connectivity index (χ3n) is 3.15. The maximum Gasteiger partial charge on any atom is 0.296 e. The number of carbonyl (C=O) groups is 1. The molecule has 0 aromatic heterocycles. The van der Waals surface area contributed by atoms with Crippen LogP contribution in [0, 0.1) is 10.1 Å². The molecule has 1 atom stereocenters. The van der Waals surface area contributed by atoms with Crippen molar-refractivity contribution in [2.75, 3.05) is 12.1 Å². The summed E-state index contributed by atoms with van der Waals surface area (Å²) in [6, 6.07) is 1.91. The van der Waals surface area contributed by atoms with E-state index in [9.17, 15) is 14.9 Å². The number of amides is 1. The summed E-state index contributed by atoms with van der Waals surface area (Å²) in [5.74, 6) is 0.193. The van der Waals surface area contributed by atoms with Gasteiger partial charge in [-0.05, 0) is 6.42 Å². The maximum absolute atomic E-state index is 12.0. The van der Waals surface area contributed by atoms with Crippen LogP contribution in [0.15, 0.2) is 12.1 Å². The predicted molar refractivity (Wildman–Crippen MR) is 75.3 cm³/mol. The Kier molecular flexibility index (Phi) is 4.59. The molecule has 0 bridgehead atoms. The first kappa shape index (κ1) is 15.0. The Balaban J connectivity index is 2.19. The van der Waals surface area contributed by atoms with Crippen LogP contribution in [0.2, 0.25) is 0 Å². The van der Waals surface area contributed by atoms with Crippen LogP contribution in [-0.4, -0.2) is 23.7 Å². The highest BCUT2D eigenvalue weighted by molar-refractivity contribution is 5.97. The highest BCUT2D eigenvalue weighted by Gasteiger charge is 2.25. The third kappa shape index (κ3) is 3.40. The second-order valence-electron chi connectivity index (χ2n) is 4.72. The average molecular weight is 295 g/mol. The molecule has 21 heavy (non-hydrogen) atoms. The number of carbonyl (C=O) groups excluding carboxylic acids is 1. The van der Waals surface area contributed by atoms with E-state index in [1.807, 2.05) is 6.92 Å². The Hall–Kier alpha value is -2.35. The molecular weight excluding hydrogens is 278 g/mol. The molecule has 1 amide bonds. The van der Waals surface area contributed by atoms with Crippen molar-refractivity contribution in [3.8, 4) is 11.5 Å². The SMILES string of the molecule is CCCCC(N)C(=O)Nc1cc2c(cc1[N+](=O)[O-])OCO2. The molecule has 0 saturated carbocycles. The topological polar surface area (TPSA) is 117 Å². The Morgan fingerprint density at radius 3 is 2.76 bits per heavy atom. The lowest BCUT2D eigenvalue weighted by atomic mass is 10.1. The molecule has 8 heteroatoms. The van der Waals surface area contributed by atoms with Crippen molar-refractivity contribution in [2.45, 2.75) is 32.2 Å². The molecule has 1 aromatic carbocycles. The summed E-state index contributed by atoms with van der Waals surface area (Å²) in [4.78, 5) is 22.4. The number of nitrogens with zero attached hydrogens (tertiary/aromatic N) is 1. The molecule has 114 valence electrons. The van der Waals surface area contributed by atoms with Crippen LogP contribution in [0.3, 0.4) is 0 Å². The van der Waals surface area contributed by atoms with Crippen LogP contribution in [0.4, 0.5) is 11.4 Å². The summed E-state index contributed by atoms with van der Waals surface area (Å²) in [5, 5.41) is 13.6. The van der Waals surface area contributed by atoms with Crippen LogP contribution in [-0.2, 0) is 4.79 Å². The van der Waals surface area contributed by atoms with Gasteiger partial charge in [0.15, 0.2) is 11.5 Å². The largest absolute Gasteiger partial charge is 0.454 e. The molecule has 0 saturated heterocycles. The normalized spacial score (nSPS) is 13.8. The number of unbranched alkanes of at least 4 members (excludes halogenated alkanes) is 1. The van der Waals surface area contributed by atoms with E-state index in [0.717, 1.165) is 12.8 Å². The van der Waals surface area contributed by atoms with Crippen LogP contribution >= 0.6 is 0 Å². The zero-order valence-corrected chi connectivity index (χ0v) is 11.6. The van der Waals surface area contributed by atoms with Gasteiger partial charge in [-0.3, -0.25) is 14.9 Å². The van der Waals surface area contributed by atoms with E-state index in [-0.39, 0.29) is 23.9 Å². The van der Waals surface area contributed by atoms with Gasteiger partial charge in [0.2, 0.25) is 12.7 Å². The molecule has 0 radical (unpaired) electrons. The van der Waals surface area contributed by atoms with Crippen molar-refractivity contribution in [1.29, 1.82) is 0 Å². The van der Waals surface area contributed by atoms with Gasteiger partial charge >= 0.3 is 0 Å². The van der Waals surface area contributed by atoms with Crippen LogP contribution in [0.25, 0.3) is 0 Å². The Labute approximate surface area is 121 Å². The first-order valence-corrected chi connectivity index (χ1v) is 6.67. The third-order valence-corrected chi connectivity index (χ3v) is 3.15. The number of anilines is 1. The highest BCUT2D eigenvalue weighted by atomic mass is 16.7. The van der Waals surface area contributed by atoms with Gasteiger partial charge in [-0.15, -0.1) is 0 Å². The summed E-state index contributed by atoms with van der Waals surface area (Å²) in [7, 11) is 0. The van der Waals surface area contributed by atoms with Gasteiger partial charge in [-0.2, -0.15) is 0 Å². The number of nitrogens with two attached hydrogens (primary N) is 1. The van der Waals surface area contributed by atoms with E-state index >= 15 is 0 Å². The molecule has 1 aliphatic heterocycles. The standard InChI is InChI=1S/C13H17N3O5/c1-2-3-4-8(14)13(17)15-9-5-11-12(21-7-20-11)6-10(9)16(18)19/h5-6,8H,2-4,7,14H2,1H3,(H,15,17). The van der Waals surface area contributed by atoms with Crippen LogP contribution in [0.5, 0.6) is 11.5 Å². The maximum atomic E-state index is 12.0. The number of hydrogen-bond acceptors (Lipinski definition) is 6. The minimum Gasteiger partial charge on any atom is -0.454 e. The summed E-state index contributed by atoms with van der Waals surface area (Å²) < 4.78 is 10.2. The number of ether oxygens (including phenoxy) is 2. The lowest BCUT2D eigenvalue weighted by molar-refractivity contribution is -0.384. The quantitative estimate of drug-likeness (QED) is 0.610. The minimum absolute atomic E-state index is 0.0000979. The molecular formula is C13H17N3O5. The van der Waals surface area contributed by atoms with Crippen molar-refractivity contribution in [3.05, 3.63) is 22.2 Å². The number of rotatable bonds is 6. The smallest absolute Gasteiger partial charge is 0.296 e. The first-order chi connectivity index (χ1) is 10.0. The van der Waals surface area contributed by atoms with E-state index in [1.165, 1.54) is 12.1 Å². The van der Waals surface area contributed by atoms with Gasteiger partial charge < -0.3 is 20.5 Å². The van der Waals surface area contributed by atoms with E-state index in [1.54, 1.807) is 0 Å². The molecule has 3 N–H and O–H groups in total. The average Bonchev–Trinajstić information content (AvgIpc) is 2.90. The zero-order chi connectivity index (χ0) is 15.4. The van der Waals surface area contributed by atoms with Gasteiger partial charge in [-0.1, -0.05) is 19.8 Å². The molecule has 1 unspecified atom stereocenters. The predicted octanol–water partition coefficient (Wildman–Crippen LogP) is 1.78. The molecule has 8 nitrogen and oxygen atoms in total. The summed E-state index contributed by atoms with van der Waals surface area (Å²) >= 11 is 0. The lowest BCUT2D eigenvalue weighted by Crippen LogP contribution is -2.35. The van der Waals surface area contributed by atoms with E-state index in [2.05, 4.69) is 5.32 Å². The molecule has 0 fully saturated rings. The molecule has 0 spiro atoms. The number of benzene rings is 1. The molecule has 1 aromatic rings. The van der Waals surface area contributed by atoms with Crippen molar-refractivity contribution in [2.24, 2.45) is 5.73 Å². The summed E-state index contributed by atoms with van der Waals surface area (Å²) in [5.41, 5.74) is 5.55. The Morgan fingerprint density at radius 1 is 1.48 bits per heavy atom. The van der Waals surface area contributed by atoms with Crippen molar-refractivity contribution in [1.82, 2.24) is 0 Å². The fourth-order valence-corrected chi connectivity index (χ4v) is 1.96. The minimum atomic E-state index is -0.699. The monoisotopic (exact) mass is 295 g/mol. The molecule has 1 aliphatic rings. The van der Waals surface area contributed by atoms with Crippen molar-refractivity contribution < 1.29 is 19.2 Å². The molecule has 0 aliphatic carbocycles. The number of nitro groups is 1. The van der Waals surface area contributed by atoms with E-state index in [0.29, 0.717) is 12.2 Å². The van der Waals surface area contributed by atoms with Crippen molar-refractivity contribution in [3.63, 3.8) is 0 Å². The fraction of sp³-hybridized carbons (Fsp3) is 0.462. The summed E-state index contributed by atoms with van der Waals surface area (Å²) in [6.45, 7) is 1.99. The van der Waals surface area contributed by atoms with Crippen molar-refractivity contribution >= 4 is 17.3 Å². The van der Waals surface area contributed by atoms with Gasteiger partial charge in [0.25, 0.3) is 5.69 Å². The highest BCUT2D eigenvalue weighted by Crippen LogP contribution is 2.40. The van der Waals surface area contributed by atoms with E-state index in [4.69, 9.17) is 15.2 Å². The second kappa shape index (κ2) is 6.40. The van der Waals surface area contributed by atoms with Gasteiger partial charge in [0.1, 0.15) is 5.69 Å². The van der Waals surface area contributed by atoms with Crippen LogP contribution in [0.1, 0.15) is 26.2 Å². The number of fused-ring (bicyclic) bond motifs is 1. The zero-order valence-electron chi connectivity index (χ0n) is 11.6. The lowest BCUT2D eigenvalue weighted by Gasteiger charge is -2.12. The number of hydrogen-bond donors (Lipinski definition) is 2. The molecule has 2 rings (SSSR count). The van der Waals surface area contributed by atoms with Gasteiger partial charge in [0.05, 0.1) is 17.0 Å². The first-order valence-electron chi connectivity index (χ1n) is 6.67. The van der Waals surface area contributed by atoms with Crippen LogP contribution < -0.4 is 20.5 Å². The number of nitro benzene ring substituents is 1. The summed E-state index contributed by atoms with van der Waals surface area (Å²) in [6.07, 6.45) is 2.27. The molecule has 1 heterocycles. The Bertz CT molecular complexity index is 561. The Morgan fingerprint density at radius 2 is 2.14 bits per heavy atom. The fourth-order valence-electron chi connectivity index (χ4n) is 1.96. The van der Waals surface area contributed by atoms with Gasteiger partial charge in [0, 0.05) is 6.07 Å². The number of nitrogens with one attached hydrogen (secondary N) is 1. The van der Waals surface area contributed by atoms with E-state index < -0.39 is 16.9 Å². The second-order valence-corrected chi connectivity index (χ2v) is 4.72. The van der Waals surface area contributed by atoms with Gasteiger partial charge in [-0.25, -0.2) is 0 Å².